The zero-order chi connectivity index (χ0) is 37.3. The third-order valence-corrected chi connectivity index (χ3v) is 11.7. The number of nitrogens with zero attached hydrogens (tertiary/aromatic N) is 2. The molecule has 2 saturated heterocycles. The lowest BCUT2D eigenvalue weighted by molar-refractivity contribution is -0.151. The maximum atomic E-state index is 13.6. The van der Waals surface area contributed by atoms with E-state index < -0.39 is 41.6 Å². The van der Waals surface area contributed by atoms with Crippen molar-refractivity contribution in [2.45, 2.75) is 160 Å². The van der Waals surface area contributed by atoms with Gasteiger partial charge >= 0.3 is 12.1 Å². The maximum absolute atomic E-state index is 13.6. The van der Waals surface area contributed by atoms with Crippen molar-refractivity contribution in [1.82, 2.24) is 9.80 Å². The summed E-state index contributed by atoms with van der Waals surface area (Å²) in [5.41, 5.74) is -1.33. The van der Waals surface area contributed by atoms with Gasteiger partial charge in [0, 0.05) is 57.6 Å². The molecule has 4 rings (SSSR count). The predicted octanol–water partition coefficient (Wildman–Crippen LogP) is 5.31. The molecule has 4 aliphatic rings. The molecule has 290 valence electrons. The summed E-state index contributed by atoms with van der Waals surface area (Å²) in [7, 11) is 1.58. The van der Waals surface area contributed by atoms with Crippen LogP contribution in [0.25, 0.3) is 0 Å². The number of epoxide rings is 1. The molecule has 1 aliphatic carbocycles. The smallest absolute Gasteiger partial charge is 0.410 e. The van der Waals surface area contributed by atoms with Gasteiger partial charge in [-0.1, -0.05) is 64.3 Å². The van der Waals surface area contributed by atoms with E-state index in [0.29, 0.717) is 38.4 Å². The topological polar surface area (TPSA) is 142 Å². The number of hydrogen-bond donors (Lipinski definition) is 3. The number of methoxy groups -OCH3 is 1. The molecule has 10 atom stereocenters. The van der Waals surface area contributed by atoms with Gasteiger partial charge in [-0.2, -0.15) is 0 Å². The van der Waals surface area contributed by atoms with Crippen molar-refractivity contribution in [2.75, 3.05) is 33.3 Å². The first-order valence-electron chi connectivity index (χ1n) is 19.4. The predicted molar refractivity (Wildman–Crippen MR) is 196 cm³/mol. The molecule has 10 unspecified atom stereocenters. The van der Waals surface area contributed by atoms with Crippen LogP contribution in [0.4, 0.5) is 4.79 Å². The Kier molecular flexibility index (Phi) is 15.2. The number of rotatable bonds is 11. The summed E-state index contributed by atoms with van der Waals surface area (Å²) in [6.45, 7) is 14.2. The van der Waals surface area contributed by atoms with E-state index in [-0.39, 0.29) is 43.0 Å². The Morgan fingerprint density at radius 3 is 2.49 bits per heavy atom. The average molecular weight is 719 g/mol. The van der Waals surface area contributed by atoms with Gasteiger partial charge in [0.1, 0.15) is 11.7 Å². The molecule has 11 heteroatoms. The first kappa shape index (κ1) is 41.5. The summed E-state index contributed by atoms with van der Waals surface area (Å²) in [5, 5.41) is 32.1. The maximum Gasteiger partial charge on any atom is 0.410 e. The second-order valence-electron chi connectivity index (χ2n) is 16.0. The monoisotopic (exact) mass is 718 g/mol. The number of amides is 1. The van der Waals surface area contributed by atoms with E-state index in [2.05, 4.69) is 4.90 Å². The molecule has 3 N–H and O–H groups in total. The number of aliphatic hydroxyl groups excluding tert-OH is 2. The molecular formula is C40H66N2O9. The zero-order valence-electron chi connectivity index (χ0n) is 32.2. The molecule has 0 spiro atoms. The fourth-order valence-electron chi connectivity index (χ4n) is 7.91. The van der Waals surface area contributed by atoms with Crippen LogP contribution in [0.2, 0.25) is 0 Å². The average Bonchev–Trinajstić information content (AvgIpc) is 3.88. The molecule has 1 saturated carbocycles. The van der Waals surface area contributed by atoms with Crippen LogP contribution >= 0.6 is 0 Å². The van der Waals surface area contributed by atoms with Crippen LogP contribution in [0.3, 0.4) is 0 Å². The van der Waals surface area contributed by atoms with Crippen LogP contribution in [-0.4, -0.2) is 124 Å². The van der Waals surface area contributed by atoms with Crippen LogP contribution < -0.4 is 0 Å². The molecule has 3 aliphatic heterocycles. The van der Waals surface area contributed by atoms with Crippen LogP contribution in [0.1, 0.15) is 106 Å². The first-order valence-corrected chi connectivity index (χ1v) is 19.4. The SMILES string of the molecule is CCC(O)C(C)C1OC1CC(C)(O)C=CC=C(C)C1OC(=O)CC(O)CCC(C)(OC)C(OC(=O)N2CCN(C3CCCCC3)CC2)C=CC1C. The van der Waals surface area contributed by atoms with Gasteiger partial charge in [0.2, 0.25) is 0 Å². The minimum Gasteiger partial charge on any atom is -0.457 e. The van der Waals surface area contributed by atoms with E-state index in [4.69, 9.17) is 18.9 Å². The minimum absolute atomic E-state index is 0.00248. The number of esters is 1. The van der Waals surface area contributed by atoms with Crippen molar-refractivity contribution in [3.63, 3.8) is 0 Å². The molecule has 0 aromatic rings. The molecule has 0 aromatic heterocycles. The summed E-state index contributed by atoms with van der Waals surface area (Å²) in [5.74, 6) is -0.826. The molecule has 11 nitrogen and oxygen atoms in total. The van der Waals surface area contributed by atoms with Crippen LogP contribution in [0, 0.1) is 11.8 Å². The number of cyclic esters (lactones) is 1. The lowest BCUT2D eigenvalue weighted by atomic mass is 9.88. The Morgan fingerprint density at radius 1 is 1.16 bits per heavy atom. The highest BCUT2D eigenvalue weighted by Crippen LogP contribution is 2.38. The summed E-state index contributed by atoms with van der Waals surface area (Å²) >= 11 is 0. The largest absolute Gasteiger partial charge is 0.457 e. The Bertz CT molecular complexity index is 1220. The summed E-state index contributed by atoms with van der Waals surface area (Å²) in [4.78, 5) is 30.9. The second kappa shape index (κ2) is 18.7. The molecule has 1 amide bonds. The number of piperazine rings is 1. The van der Waals surface area contributed by atoms with Gasteiger partial charge in [-0.15, -0.1) is 0 Å². The molecule has 0 radical (unpaired) electrons. The Balaban J connectivity index is 1.45. The Labute approximate surface area is 306 Å². The van der Waals surface area contributed by atoms with E-state index in [1.807, 2.05) is 52.8 Å². The highest BCUT2D eigenvalue weighted by Gasteiger charge is 2.47. The van der Waals surface area contributed by atoms with Gasteiger partial charge in [-0.05, 0) is 64.5 Å². The van der Waals surface area contributed by atoms with Gasteiger partial charge in [0.25, 0.3) is 0 Å². The quantitative estimate of drug-likeness (QED) is 0.111. The number of allylic oxidation sites excluding steroid dienone is 2. The van der Waals surface area contributed by atoms with Crippen molar-refractivity contribution in [3.8, 4) is 0 Å². The van der Waals surface area contributed by atoms with Gasteiger partial charge < -0.3 is 39.2 Å². The standard InChI is InChI=1S/C40H66N2O9/c1-8-32(44)29(4)37-33(49-37)26-39(5,47)19-12-13-27(2)36-28(3)16-17-34(40(6,48-7)20-18-31(43)25-35(45)51-36)50-38(46)42-23-21-41(22-24-42)30-14-10-9-11-15-30/h12-13,16-17,19,28-34,36-37,43-44,47H,8-11,14-15,18,20-26H2,1-7H3. The van der Waals surface area contributed by atoms with E-state index in [1.165, 1.54) is 32.1 Å². The first-order chi connectivity index (χ1) is 24.2. The molecular weight excluding hydrogens is 652 g/mol. The minimum atomic E-state index is -1.14. The Hall–Kier alpha value is -2.28. The molecule has 3 fully saturated rings. The molecule has 0 bridgehead atoms. The summed E-state index contributed by atoms with van der Waals surface area (Å²) in [6.07, 6.45) is 13.5. The van der Waals surface area contributed by atoms with Crippen LogP contribution in [0.15, 0.2) is 36.0 Å². The number of carbonyl (C=O) groups excluding carboxylic acids is 2. The van der Waals surface area contributed by atoms with E-state index in [1.54, 1.807) is 31.1 Å². The van der Waals surface area contributed by atoms with Crippen molar-refractivity contribution in [2.24, 2.45) is 11.8 Å². The summed E-state index contributed by atoms with van der Waals surface area (Å²) < 4.78 is 23.9. The van der Waals surface area contributed by atoms with E-state index in [9.17, 15) is 24.9 Å². The van der Waals surface area contributed by atoms with Crippen molar-refractivity contribution >= 4 is 12.1 Å². The van der Waals surface area contributed by atoms with Crippen LogP contribution in [-0.2, 0) is 23.7 Å². The Morgan fingerprint density at radius 2 is 1.84 bits per heavy atom. The highest BCUT2D eigenvalue weighted by atomic mass is 16.6. The fourth-order valence-corrected chi connectivity index (χ4v) is 7.91. The number of hydrogen-bond acceptors (Lipinski definition) is 10. The zero-order valence-corrected chi connectivity index (χ0v) is 32.2. The number of carbonyl (C=O) groups is 2. The highest BCUT2D eigenvalue weighted by molar-refractivity contribution is 5.70. The van der Waals surface area contributed by atoms with Crippen molar-refractivity contribution in [1.29, 1.82) is 0 Å². The van der Waals surface area contributed by atoms with Crippen molar-refractivity contribution < 1.29 is 43.9 Å². The van der Waals surface area contributed by atoms with Gasteiger partial charge in [0.15, 0.2) is 6.10 Å². The van der Waals surface area contributed by atoms with Gasteiger partial charge in [-0.25, -0.2) is 4.79 Å². The molecule has 3 heterocycles. The molecule has 51 heavy (non-hydrogen) atoms. The third-order valence-electron chi connectivity index (χ3n) is 11.7. The summed E-state index contributed by atoms with van der Waals surface area (Å²) in [6, 6.07) is 0.610. The fraction of sp³-hybridized carbons (Fsp3) is 0.800. The van der Waals surface area contributed by atoms with Gasteiger partial charge in [0.05, 0.1) is 36.4 Å². The lowest BCUT2D eigenvalue weighted by Gasteiger charge is -2.41. The van der Waals surface area contributed by atoms with E-state index in [0.717, 1.165) is 18.7 Å². The number of aliphatic hydroxyl groups is 3. The van der Waals surface area contributed by atoms with E-state index >= 15 is 0 Å². The second-order valence-corrected chi connectivity index (χ2v) is 16.0. The lowest BCUT2D eigenvalue weighted by Crippen LogP contribution is -2.54. The molecule has 0 aromatic carbocycles. The normalized spacial score (nSPS) is 34.6. The van der Waals surface area contributed by atoms with Crippen LogP contribution in [0.5, 0.6) is 0 Å². The number of ether oxygens (including phenoxy) is 4. The third kappa shape index (κ3) is 11.9. The van der Waals surface area contributed by atoms with Gasteiger partial charge in [-0.3, -0.25) is 9.69 Å². The van der Waals surface area contributed by atoms with Crippen molar-refractivity contribution in [3.05, 3.63) is 36.0 Å².